The Balaban J connectivity index is 1.73. The molecule has 2 aliphatic carbocycles. The van der Waals surface area contributed by atoms with Gasteiger partial charge in [-0.05, 0) is 49.9 Å². The fourth-order valence-electron chi connectivity index (χ4n) is 5.12. The molecule has 2 unspecified atom stereocenters. The van der Waals surface area contributed by atoms with Crippen LogP contribution in [0.3, 0.4) is 0 Å². The minimum absolute atomic E-state index is 0.0277. The molecule has 2 atom stereocenters. The quantitative estimate of drug-likeness (QED) is 0.470. The zero-order valence-corrected chi connectivity index (χ0v) is 15.1. The highest BCUT2D eigenvalue weighted by Gasteiger charge is 2.38. The first-order valence-electron chi connectivity index (χ1n) is 10.1. The predicted molar refractivity (Wildman–Crippen MR) is 94.5 cm³/mol. The fraction of sp³-hybridized carbons (Fsp3) is 0.952. The standard InChI is InChI=1S/C21H37N/c1-3-5-6-7-9-18-11-13-19(14-12-18)20-10-8-15-21(4-2,16-20)17-22/h18-20H,3-16H2,1-2H3. The van der Waals surface area contributed by atoms with E-state index in [4.69, 9.17) is 0 Å². The van der Waals surface area contributed by atoms with Crippen LogP contribution in [0.25, 0.3) is 0 Å². The minimum atomic E-state index is 0.0277. The van der Waals surface area contributed by atoms with Gasteiger partial charge in [0, 0.05) is 0 Å². The summed E-state index contributed by atoms with van der Waals surface area (Å²) in [6.07, 6.45) is 19.1. The van der Waals surface area contributed by atoms with Gasteiger partial charge in [-0.2, -0.15) is 5.26 Å². The molecule has 0 heterocycles. The van der Waals surface area contributed by atoms with Gasteiger partial charge in [-0.1, -0.05) is 71.6 Å². The van der Waals surface area contributed by atoms with Crippen molar-refractivity contribution in [3.05, 3.63) is 0 Å². The topological polar surface area (TPSA) is 23.8 Å². The maximum atomic E-state index is 9.59. The lowest BCUT2D eigenvalue weighted by molar-refractivity contribution is 0.106. The zero-order chi connectivity index (χ0) is 15.8. The van der Waals surface area contributed by atoms with Crippen LogP contribution >= 0.6 is 0 Å². The lowest BCUT2D eigenvalue weighted by Gasteiger charge is -2.41. The first kappa shape index (κ1) is 17.8. The molecule has 0 saturated heterocycles. The second kappa shape index (κ2) is 8.95. The molecule has 0 aromatic carbocycles. The molecule has 0 N–H and O–H groups in total. The highest BCUT2D eigenvalue weighted by atomic mass is 14.4. The van der Waals surface area contributed by atoms with Crippen LogP contribution in [0.1, 0.15) is 104 Å². The zero-order valence-electron chi connectivity index (χ0n) is 15.1. The molecular formula is C21H37N. The van der Waals surface area contributed by atoms with Crippen LogP contribution in [0, 0.1) is 34.5 Å². The van der Waals surface area contributed by atoms with Gasteiger partial charge in [-0.15, -0.1) is 0 Å². The molecule has 0 aromatic heterocycles. The molecule has 0 spiro atoms. The Hall–Kier alpha value is -0.510. The summed E-state index contributed by atoms with van der Waals surface area (Å²) >= 11 is 0. The molecule has 2 saturated carbocycles. The first-order valence-corrected chi connectivity index (χ1v) is 10.1. The van der Waals surface area contributed by atoms with E-state index in [9.17, 15) is 5.26 Å². The van der Waals surface area contributed by atoms with E-state index in [2.05, 4.69) is 19.9 Å². The minimum Gasteiger partial charge on any atom is -0.198 e. The van der Waals surface area contributed by atoms with Gasteiger partial charge in [0.1, 0.15) is 0 Å². The highest BCUT2D eigenvalue weighted by Crippen LogP contribution is 2.48. The Morgan fingerprint density at radius 2 is 1.73 bits per heavy atom. The van der Waals surface area contributed by atoms with E-state index >= 15 is 0 Å². The molecule has 2 aliphatic rings. The number of hydrogen-bond donors (Lipinski definition) is 0. The summed E-state index contributed by atoms with van der Waals surface area (Å²) in [6.45, 7) is 4.52. The molecule has 22 heavy (non-hydrogen) atoms. The molecule has 126 valence electrons. The number of hydrogen-bond acceptors (Lipinski definition) is 1. The Bertz CT molecular complexity index is 347. The molecule has 2 fully saturated rings. The maximum absolute atomic E-state index is 9.59. The van der Waals surface area contributed by atoms with Gasteiger partial charge in [-0.25, -0.2) is 0 Å². The van der Waals surface area contributed by atoms with Crippen LogP contribution in [0.2, 0.25) is 0 Å². The molecule has 0 bridgehead atoms. The van der Waals surface area contributed by atoms with E-state index in [1.807, 2.05) is 0 Å². The Kier molecular flexibility index (Phi) is 7.26. The Morgan fingerprint density at radius 1 is 0.955 bits per heavy atom. The molecule has 0 aromatic rings. The van der Waals surface area contributed by atoms with E-state index in [0.29, 0.717) is 0 Å². The normalized spacial score (nSPS) is 36.0. The summed E-state index contributed by atoms with van der Waals surface area (Å²) in [6, 6.07) is 2.68. The number of unbranched alkanes of at least 4 members (excludes halogenated alkanes) is 3. The van der Waals surface area contributed by atoms with Crippen molar-refractivity contribution in [2.45, 2.75) is 104 Å². The summed E-state index contributed by atoms with van der Waals surface area (Å²) in [5.41, 5.74) is 0.0277. The summed E-state index contributed by atoms with van der Waals surface area (Å²) < 4.78 is 0. The average molecular weight is 304 g/mol. The van der Waals surface area contributed by atoms with E-state index in [1.165, 1.54) is 77.0 Å². The van der Waals surface area contributed by atoms with E-state index < -0.39 is 0 Å². The lowest BCUT2D eigenvalue weighted by Crippen LogP contribution is -2.32. The third-order valence-corrected chi connectivity index (χ3v) is 6.82. The summed E-state index contributed by atoms with van der Waals surface area (Å²) in [5, 5.41) is 9.59. The van der Waals surface area contributed by atoms with Crippen LogP contribution < -0.4 is 0 Å². The third kappa shape index (κ3) is 4.74. The van der Waals surface area contributed by atoms with E-state index in [0.717, 1.165) is 30.6 Å². The van der Waals surface area contributed by atoms with Crippen molar-refractivity contribution in [1.29, 1.82) is 5.26 Å². The maximum Gasteiger partial charge on any atom is 0.0689 e. The predicted octanol–water partition coefficient (Wildman–Crippen LogP) is 6.87. The van der Waals surface area contributed by atoms with Crippen molar-refractivity contribution in [2.75, 3.05) is 0 Å². The smallest absolute Gasteiger partial charge is 0.0689 e. The number of rotatable bonds is 7. The van der Waals surface area contributed by atoms with Gasteiger partial charge >= 0.3 is 0 Å². The molecular weight excluding hydrogens is 266 g/mol. The molecule has 1 nitrogen and oxygen atoms in total. The number of nitrogens with zero attached hydrogens (tertiary/aromatic N) is 1. The number of nitriles is 1. The summed E-state index contributed by atoms with van der Waals surface area (Å²) in [7, 11) is 0. The fourth-order valence-corrected chi connectivity index (χ4v) is 5.12. The van der Waals surface area contributed by atoms with Gasteiger partial charge in [0.05, 0.1) is 11.5 Å². The van der Waals surface area contributed by atoms with Crippen LogP contribution in [0.4, 0.5) is 0 Å². The molecule has 0 radical (unpaired) electrons. The molecule has 1 heteroatoms. The van der Waals surface area contributed by atoms with E-state index in [1.54, 1.807) is 0 Å². The Morgan fingerprint density at radius 3 is 2.36 bits per heavy atom. The van der Waals surface area contributed by atoms with Crippen molar-refractivity contribution >= 4 is 0 Å². The van der Waals surface area contributed by atoms with E-state index in [-0.39, 0.29) is 5.41 Å². The molecule has 2 rings (SSSR count). The van der Waals surface area contributed by atoms with Gasteiger partial charge in [0.15, 0.2) is 0 Å². The van der Waals surface area contributed by atoms with Crippen molar-refractivity contribution in [2.24, 2.45) is 23.2 Å². The molecule has 0 amide bonds. The van der Waals surface area contributed by atoms with Crippen LogP contribution in [0.5, 0.6) is 0 Å². The van der Waals surface area contributed by atoms with Gasteiger partial charge in [0.2, 0.25) is 0 Å². The largest absolute Gasteiger partial charge is 0.198 e. The third-order valence-electron chi connectivity index (χ3n) is 6.82. The van der Waals surface area contributed by atoms with Crippen LogP contribution in [0.15, 0.2) is 0 Å². The van der Waals surface area contributed by atoms with Gasteiger partial charge < -0.3 is 0 Å². The Labute approximate surface area is 138 Å². The molecule has 0 aliphatic heterocycles. The van der Waals surface area contributed by atoms with Crippen molar-refractivity contribution in [3.63, 3.8) is 0 Å². The SMILES string of the molecule is CCCCCCC1CCC(C2CCCC(C#N)(CC)C2)CC1. The van der Waals surface area contributed by atoms with Crippen LogP contribution in [-0.2, 0) is 0 Å². The summed E-state index contributed by atoms with van der Waals surface area (Å²) in [5.74, 6) is 2.81. The van der Waals surface area contributed by atoms with Crippen molar-refractivity contribution < 1.29 is 0 Å². The summed E-state index contributed by atoms with van der Waals surface area (Å²) in [4.78, 5) is 0. The van der Waals surface area contributed by atoms with Crippen molar-refractivity contribution in [3.8, 4) is 6.07 Å². The highest BCUT2D eigenvalue weighted by molar-refractivity contribution is 5.02. The first-order chi connectivity index (χ1) is 10.7. The van der Waals surface area contributed by atoms with Gasteiger partial charge in [-0.3, -0.25) is 0 Å². The second-order valence-electron chi connectivity index (χ2n) is 8.23. The lowest BCUT2D eigenvalue weighted by atomic mass is 9.62. The van der Waals surface area contributed by atoms with Crippen LogP contribution in [-0.4, -0.2) is 0 Å². The monoisotopic (exact) mass is 303 g/mol. The van der Waals surface area contributed by atoms with Gasteiger partial charge in [0.25, 0.3) is 0 Å². The second-order valence-corrected chi connectivity index (χ2v) is 8.23. The van der Waals surface area contributed by atoms with Crippen molar-refractivity contribution in [1.82, 2.24) is 0 Å². The average Bonchev–Trinajstić information content (AvgIpc) is 2.59.